The second kappa shape index (κ2) is 10.3. The van der Waals surface area contributed by atoms with Crippen LogP contribution in [0.4, 0.5) is 10.1 Å². The lowest BCUT2D eigenvalue weighted by Crippen LogP contribution is -2.23. The molecule has 1 aliphatic heterocycles. The summed E-state index contributed by atoms with van der Waals surface area (Å²) >= 11 is 0. The molecule has 1 heterocycles. The van der Waals surface area contributed by atoms with Gasteiger partial charge in [0.1, 0.15) is 12.2 Å². The molecule has 0 spiro atoms. The predicted molar refractivity (Wildman–Crippen MR) is 85.5 cm³/mol. The summed E-state index contributed by atoms with van der Waals surface area (Å²) in [4.78, 5) is 2.27. The molecule has 4 heteroatoms. The maximum atomic E-state index is 13.8. The monoisotopic (exact) mass is 297 g/mol. The molecular weight excluding hydrogens is 277 g/mol. The van der Waals surface area contributed by atoms with Gasteiger partial charge in [0.25, 0.3) is 0 Å². The minimum Gasteiger partial charge on any atom is -0.371 e. The molecule has 1 aromatic rings. The summed E-state index contributed by atoms with van der Waals surface area (Å²) in [5.41, 5.74) is 1.61. The number of nitrogens with zero attached hydrogens (tertiary/aromatic N) is 3. The minimum absolute atomic E-state index is 0. The van der Waals surface area contributed by atoms with E-state index >= 15 is 0 Å². The first-order valence-corrected chi connectivity index (χ1v) is 7.43. The molecule has 1 saturated heterocycles. The van der Waals surface area contributed by atoms with Gasteiger partial charge in [-0.05, 0) is 30.5 Å². The zero-order chi connectivity index (χ0) is 16.2. The Morgan fingerprint density at radius 2 is 1.73 bits per heavy atom. The van der Waals surface area contributed by atoms with Crippen molar-refractivity contribution in [2.45, 2.75) is 38.5 Å². The van der Waals surface area contributed by atoms with E-state index in [1.807, 2.05) is 12.1 Å². The molecule has 0 bridgehead atoms. The smallest absolute Gasteiger partial charge is 0.129 e. The van der Waals surface area contributed by atoms with Crippen LogP contribution in [-0.2, 0) is 6.42 Å². The third kappa shape index (κ3) is 5.86. The Labute approximate surface area is 132 Å². The van der Waals surface area contributed by atoms with Crippen molar-refractivity contribution in [2.75, 3.05) is 18.0 Å². The lowest BCUT2D eigenvalue weighted by Gasteiger charge is -2.23. The molecule has 3 nitrogen and oxygen atoms in total. The van der Waals surface area contributed by atoms with Crippen LogP contribution in [0.15, 0.2) is 18.2 Å². The zero-order valence-electron chi connectivity index (χ0n) is 12.7. The first kappa shape index (κ1) is 17.5. The van der Waals surface area contributed by atoms with E-state index in [4.69, 9.17) is 16.9 Å². The van der Waals surface area contributed by atoms with Gasteiger partial charge in [-0.3, -0.25) is 0 Å². The van der Waals surface area contributed by atoms with Crippen molar-refractivity contribution in [3.8, 4) is 24.5 Å². The molecule has 0 aliphatic carbocycles. The molecule has 0 amide bonds. The Bertz CT molecular complexity index is 570. The summed E-state index contributed by atoms with van der Waals surface area (Å²) in [6, 6.07) is 8.74. The molecular formula is C18H20FN3. The lowest BCUT2D eigenvalue weighted by molar-refractivity contribution is 0.614. The Morgan fingerprint density at radius 3 is 2.18 bits per heavy atom. The Kier molecular flexibility index (Phi) is 8.17. The van der Waals surface area contributed by atoms with Crippen LogP contribution in [0.25, 0.3) is 0 Å². The highest BCUT2D eigenvalue weighted by Gasteiger charge is 2.11. The SMILES string of the molecule is C#CCc1ccc(N2CCCCCC2)cc1F.N#CCC#N. The minimum atomic E-state index is -0.176. The predicted octanol–water partition coefficient (Wildman–Crippen LogP) is 3.81. The van der Waals surface area contributed by atoms with Gasteiger partial charge in [0.05, 0.1) is 12.1 Å². The number of hydrogen-bond donors (Lipinski definition) is 0. The maximum Gasteiger partial charge on any atom is 0.129 e. The van der Waals surface area contributed by atoms with Crippen LogP contribution in [0.3, 0.4) is 0 Å². The number of anilines is 1. The van der Waals surface area contributed by atoms with Gasteiger partial charge in [0.2, 0.25) is 0 Å². The van der Waals surface area contributed by atoms with Gasteiger partial charge < -0.3 is 4.90 Å². The van der Waals surface area contributed by atoms with Gasteiger partial charge in [-0.25, -0.2) is 4.39 Å². The normalized spacial score (nSPS) is 13.6. The van der Waals surface area contributed by atoms with E-state index in [-0.39, 0.29) is 12.2 Å². The largest absolute Gasteiger partial charge is 0.371 e. The number of rotatable bonds is 2. The van der Waals surface area contributed by atoms with Gasteiger partial charge in [0, 0.05) is 25.2 Å². The third-order valence-electron chi connectivity index (χ3n) is 3.46. The van der Waals surface area contributed by atoms with Crippen LogP contribution in [-0.4, -0.2) is 13.1 Å². The third-order valence-corrected chi connectivity index (χ3v) is 3.46. The van der Waals surface area contributed by atoms with Crippen LogP contribution in [0.5, 0.6) is 0 Å². The van der Waals surface area contributed by atoms with Crippen LogP contribution in [0, 0.1) is 40.8 Å². The van der Waals surface area contributed by atoms with Crippen molar-refractivity contribution in [2.24, 2.45) is 0 Å². The summed E-state index contributed by atoms with van der Waals surface area (Å²) in [7, 11) is 0. The molecule has 22 heavy (non-hydrogen) atoms. The summed E-state index contributed by atoms with van der Waals surface area (Å²) in [6.07, 6.45) is 10.5. The van der Waals surface area contributed by atoms with Crippen molar-refractivity contribution < 1.29 is 4.39 Å². The second-order valence-electron chi connectivity index (χ2n) is 5.05. The average Bonchev–Trinajstić information content (AvgIpc) is 2.80. The van der Waals surface area contributed by atoms with Crippen molar-refractivity contribution in [1.82, 2.24) is 0 Å². The lowest BCUT2D eigenvalue weighted by atomic mass is 10.1. The molecule has 0 unspecified atom stereocenters. The number of hydrogen-bond acceptors (Lipinski definition) is 3. The molecule has 0 N–H and O–H groups in total. The molecule has 1 aromatic carbocycles. The summed E-state index contributed by atoms with van der Waals surface area (Å²) in [5, 5.41) is 15.2. The topological polar surface area (TPSA) is 50.8 Å². The zero-order valence-corrected chi connectivity index (χ0v) is 12.7. The highest BCUT2D eigenvalue weighted by atomic mass is 19.1. The van der Waals surface area contributed by atoms with Crippen molar-refractivity contribution in [1.29, 1.82) is 10.5 Å². The van der Waals surface area contributed by atoms with Gasteiger partial charge in [-0.15, -0.1) is 12.3 Å². The van der Waals surface area contributed by atoms with Gasteiger partial charge in [-0.1, -0.05) is 18.9 Å². The van der Waals surface area contributed by atoms with Gasteiger partial charge >= 0.3 is 0 Å². The molecule has 1 fully saturated rings. The molecule has 0 aromatic heterocycles. The van der Waals surface area contributed by atoms with Gasteiger partial charge in [-0.2, -0.15) is 10.5 Å². The molecule has 2 rings (SSSR count). The molecule has 1 aliphatic rings. The van der Waals surface area contributed by atoms with Crippen molar-refractivity contribution >= 4 is 5.69 Å². The number of nitriles is 2. The van der Waals surface area contributed by atoms with Crippen LogP contribution in [0.1, 0.15) is 37.7 Å². The van der Waals surface area contributed by atoms with E-state index in [1.54, 1.807) is 18.2 Å². The highest BCUT2D eigenvalue weighted by Crippen LogP contribution is 2.22. The van der Waals surface area contributed by atoms with Crippen LogP contribution >= 0.6 is 0 Å². The van der Waals surface area contributed by atoms with E-state index in [9.17, 15) is 4.39 Å². The average molecular weight is 297 g/mol. The second-order valence-corrected chi connectivity index (χ2v) is 5.05. The fourth-order valence-electron chi connectivity index (χ4n) is 2.35. The summed E-state index contributed by atoms with van der Waals surface area (Å²) < 4.78 is 13.8. The Hall–Kier alpha value is -2.51. The van der Waals surface area contributed by atoms with Crippen LogP contribution in [0.2, 0.25) is 0 Å². The van der Waals surface area contributed by atoms with Crippen molar-refractivity contribution in [3.05, 3.63) is 29.6 Å². The van der Waals surface area contributed by atoms with E-state index in [1.165, 1.54) is 25.7 Å². The Morgan fingerprint density at radius 1 is 1.09 bits per heavy atom. The fraction of sp³-hybridized carbons (Fsp3) is 0.444. The van der Waals surface area contributed by atoms with Gasteiger partial charge in [0.15, 0.2) is 0 Å². The fourth-order valence-corrected chi connectivity index (χ4v) is 2.35. The number of terminal acetylenes is 1. The molecule has 114 valence electrons. The molecule has 0 saturated carbocycles. The Balaban J connectivity index is 0.000000422. The summed E-state index contributed by atoms with van der Waals surface area (Å²) in [6.45, 7) is 2.07. The quantitative estimate of drug-likeness (QED) is 0.780. The van der Waals surface area contributed by atoms with E-state index in [2.05, 4.69) is 10.8 Å². The van der Waals surface area contributed by atoms with E-state index < -0.39 is 0 Å². The van der Waals surface area contributed by atoms with E-state index in [0.717, 1.165) is 18.8 Å². The summed E-state index contributed by atoms with van der Waals surface area (Å²) in [5.74, 6) is 2.30. The molecule has 0 radical (unpaired) electrons. The maximum absolute atomic E-state index is 13.8. The standard InChI is InChI=1S/C15H18FN.C3H2N2/c1-2-7-13-8-9-14(12-15(13)16)17-10-5-3-4-6-11-17;4-2-1-3-5/h1,8-9,12H,3-7,10-11H2;1H2. The highest BCUT2D eigenvalue weighted by molar-refractivity contribution is 5.48. The first-order valence-electron chi connectivity index (χ1n) is 7.43. The number of halogens is 1. The van der Waals surface area contributed by atoms with Crippen LogP contribution < -0.4 is 4.90 Å². The number of benzene rings is 1. The van der Waals surface area contributed by atoms with E-state index in [0.29, 0.717) is 12.0 Å². The molecule has 0 atom stereocenters. The van der Waals surface area contributed by atoms with Crippen molar-refractivity contribution in [3.63, 3.8) is 0 Å². The first-order chi connectivity index (χ1) is 10.7.